The Morgan fingerprint density at radius 1 is 1.03 bits per heavy atom. The van der Waals surface area contributed by atoms with Crippen molar-refractivity contribution in [1.82, 2.24) is 10.2 Å². The van der Waals surface area contributed by atoms with Gasteiger partial charge in [0, 0.05) is 24.2 Å². The number of benzene rings is 1. The smallest absolute Gasteiger partial charge is 0.230 e. The van der Waals surface area contributed by atoms with Gasteiger partial charge in [-0.1, -0.05) is 23.7 Å². The maximum atomic E-state index is 13.1. The molecule has 7 rings (SSSR count). The number of nitrogens with zero attached hydrogens (tertiary/aromatic N) is 1. The van der Waals surface area contributed by atoms with Crippen LogP contribution in [0.1, 0.15) is 63.4 Å². The van der Waals surface area contributed by atoms with Gasteiger partial charge in [0.1, 0.15) is 0 Å². The van der Waals surface area contributed by atoms with E-state index < -0.39 is 0 Å². The highest BCUT2D eigenvalue weighted by Gasteiger charge is 2.52. The van der Waals surface area contributed by atoms with Crippen LogP contribution in [0.25, 0.3) is 0 Å². The van der Waals surface area contributed by atoms with Crippen LogP contribution in [0.5, 0.6) is 0 Å². The van der Waals surface area contributed by atoms with Crippen molar-refractivity contribution in [3.05, 3.63) is 34.9 Å². The first-order valence-electron chi connectivity index (χ1n) is 12.4. The molecule has 6 fully saturated rings. The Morgan fingerprint density at radius 2 is 1.70 bits per heavy atom. The molecule has 1 aromatic rings. The first kappa shape index (κ1) is 19.6. The average Bonchev–Trinajstić information content (AvgIpc) is 3.54. The molecule has 1 heterocycles. The van der Waals surface area contributed by atoms with E-state index in [0.29, 0.717) is 5.92 Å². The molecule has 0 radical (unpaired) electrons. The third kappa shape index (κ3) is 3.41. The van der Waals surface area contributed by atoms with Crippen molar-refractivity contribution in [1.29, 1.82) is 0 Å². The molecule has 5 saturated carbocycles. The highest BCUT2D eigenvalue weighted by molar-refractivity contribution is 6.30. The van der Waals surface area contributed by atoms with Crippen LogP contribution in [0.15, 0.2) is 24.3 Å². The lowest BCUT2D eigenvalue weighted by molar-refractivity contribution is -0.124. The number of carbonyl (C=O) groups is 1. The predicted octanol–water partition coefficient (Wildman–Crippen LogP) is 5.02. The molecule has 1 saturated heterocycles. The molecule has 1 aromatic carbocycles. The third-order valence-corrected chi connectivity index (χ3v) is 9.53. The standard InChI is InChI=1S/C26H35ClN2O/c27-23-5-3-22(4-6-23)26(7-8-26)25(30)28-15-17-2-1-9-29(16-17)24-20-11-18-10-19(13-20)14-21(24)12-18/h3-6,17-21,24H,1-2,7-16H2,(H,28,30). The molecule has 0 spiro atoms. The number of piperidine rings is 1. The molecule has 3 nitrogen and oxygen atoms in total. The first-order valence-corrected chi connectivity index (χ1v) is 12.8. The molecule has 1 atom stereocenters. The van der Waals surface area contributed by atoms with Crippen molar-refractivity contribution in [2.24, 2.45) is 29.6 Å². The molecular formula is C26H35ClN2O. The van der Waals surface area contributed by atoms with Crippen LogP contribution in [-0.4, -0.2) is 36.5 Å². The van der Waals surface area contributed by atoms with Crippen molar-refractivity contribution in [3.8, 4) is 0 Å². The summed E-state index contributed by atoms with van der Waals surface area (Å²) in [4.78, 5) is 15.9. The third-order valence-electron chi connectivity index (χ3n) is 9.28. The number of carbonyl (C=O) groups excluding carboxylic acids is 1. The van der Waals surface area contributed by atoms with Gasteiger partial charge < -0.3 is 5.32 Å². The monoisotopic (exact) mass is 426 g/mol. The van der Waals surface area contributed by atoms with E-state index in [4.69, 9.17) is 11.6 Å². The molecule has 1 aliphatic heterocycles. The number of hydrogen-bond donors (Lipinski definition) is 1. The van der Waals surface area contributed by atoms with Crippen LogP contribution in [0.3, 0.4) is 0 Å². The van der Waals surface area contributed by atoms with Gasteiger partial charge in [0.15, 0.2) is 0 Å². The van der Waals surface area contributed by atoms with Crippen LogP contribution >= 0.6 is 11.6 Å². The molecule has 6 aliphatic rings. The van der Waals surface area contributed by atoms with Crippen molar-refractivity contribution >= 4 is 17.5 Å². The second kappa shape index (κ2) is 7.52. The van der Waals surface area contributed by atoms with Gasteiger partial charge in [0.25, 0.3) is 0 Å². The van der Waals surface area contributed by atoms with Gasteiger partial charge >= 0.3 is 0 Å². The summed E-state index contributed by atoms with van der Waals surface area (Å²) in [5, 5.41) is 4.10. The summed E-state index contributed by atoms with van der Waals surface area (Å²) in [6, 6.07) is 8.73. The first-order chi connectivity index (χ1) is 14.6. The highest BCUT2D eigenvalue weighted by Crippen LogP contribution is 2.55. The van der Waals surface area contributed by atoms with E-state index in [1.807, 2.05) is 24.3 Å². The molecule has 0 aromatic heterocycles. The quantitative estimate of drug-likeness (QED) is 0.716. The Bertz CT molecular complexity index is 774. The Morgan fingerprint density at radius 3 is 2.33 bits per heavy atom. The van der Waals surface area contributed by atoms with E-state index in [1.165, 1.54) is 58.0 Å². The number of amides is 1. The maximum absolute atomic E-state index is 13.1. The summed E-state index contributed by atoms with van der Waals surface area (Å²) in [6.45, 7) is 3.32. The van der Waals surface area contributed by atoms with Crippen LogP contribution in [0.2, 0.25) is 5.02 Å². The second-order valence-electron chi connectivity index (χ2n) is 11.2. The number of nitrogens with one attached hydrogen (secondary N) is 1. The number of rotatable bonds is 5. The Balaban J connectivity index is 1.07. The average molecular weight is 427 g/mol. The minimum Gasteiger partial charge on any atom is -0.355 e. The van der Waals surface area contributed by atoms with Crippen LogP contribution < -0.4 is 5.32 Å². The van der Waals surface area contributed by atoms with Gasteiger partial charge in [-0.25, -0.2) is 0 Å². The summed E-state index contributed by atoms with van der Waals surface area (Å²) >= 11 is 6.04. The van der Waals surface area contributed by atoms with Gasteiger partial charge in [-0.2, -0.15) is 0 Å². The fourth-order valence-electron chi connectivity index (χ4n) is 7.97. The van der Waals surface area contributed by atoms with E-state index in [2.05, 4.69) is 10.2 Å². The van der Waals surface area contributed by atoms with Crippen molar-refractivity contribution in [2.45, 2.75) is 69.2 Å². The minimum absolute atomic E-state index is 0.233. The van der Waals surface area contributed by atoms with E-state index in [0.717, 1.165) is 59.7 Å². The summed E-state index contributed by atoms with van der Waals surface area (Å²) in [5.41, 5.74) is 0.837. The number of likely N-dealkylation sites (tertiary alicyclic amines) is 1. The van der Waals surface area contributed by atoms with E-state index >= 15 is 0 Å². The molecule has 1 N–H and O–H groups in total. The van der Waals surface area contributed by atoms with Crippen LogP contribution in [0.4, 0.5) is 0 Å². The van der Waals surface area contributed by atoms with Crippen LogP contribution in [0, 0.1) is 29.6 Å². The Labute approximate surface area is 185 Å². The lowest BCUT2D eigenvalue weighted by Crippen LogP contribution is -2.58. The lowest BCUT2D eigenvalue weighted by atomic mass is 9.53. The summed E-state index contributed by atoms with van der Waals surface area (Å²) in [6.07, 6.45) is 12.0. The van der Waals surface area contributed by atoms with Crippen molar-refractivity contribution in [3.63, 3.8) is 0 Å². The lowest BCUT2D eigenvalue weighted by Gasteiger charge is -2.58. The second-order valence-corrected chi connectivity index (χ2v) is 11.7. The van der Waals surface area contributed by atoms with Crippen molar-refractivity contribution in [2.75, 3.05) is 19.6 Å². The molecule has 4 heteroatoms. The van der Waals surface area contributed by atoms with Gasteiger partial charge in [0.05, 0.1) is 5.41 Å². The molecule has 5 aliphatic carbocycles. The molecule has 1 unspecified atom stereocenters. The SMILES string of the molecule is O=C(NCC1CCCN(C2C3CC4CC(C3)CC2C4)C1)C1(c2ccc(Cl)cc2)CC1. The summed E-state index contributed by atoms with van der Waals surface area (Å²) < 4.78 is 0. The number of hydrogen-bond acceptors (Lipinski definition) is 2. The van der Waals surface area contributed by atoms with E-state index in [9.17, 15) is 4.79 Å². The molecule has 30 heavy (non-hydrogen) atoms. The van der Waals surface area contributed by atoms with Crippen LogP contribution in [-0.2, 0) is 10.2 Å². The zero-order valence-corrected chi connectivity index (χ0v) is 18.7. The fraction of sp³-hybridized carbons (Fsp3) is 0.731. The molecular weight excluding hydrogens is 392 g/mol. The maximum Gasteiger partial charge on any atom is 0.230 e. The van der Waals surface area contributed by atoms with Gasteiger partial charge in [-0.05, 0) is 112 Å². The fourth-order valence-corrected chi connectivity index (χ4v) is 8.10. The molecule has 162 valence electrons. The predicted molar refractivity (Wildman–Crippen MR) is 121 cm³/mol. The largest absolute Gasteiger partial charge is 0.355 e. The molecule has 1 amide bonds. The highest BCUT2D eigenvalue weighted by atomic mass is 35.5. The van der Waals surface area contributed by atoms with E-state index in [-0.39, 0.29) is 11.3 Å². The molecule has 4 bridgehead atoms. The normalized spacial score (nSPS) is 39.1. The minimum atomic E-state index is -0.291. The van der Waals surface area contributed by atoms with Gasteiger partial charge in [0.2, 0.25) is 5.91 Å². The topological polar surface area (TPSA) is 32.3 Å². The van der Waals surface area contributed by atoms with Crippen molar-refractivity contribution < 1.29 is 4.79 Å². The zero-order chi connectivity index (χ0) is 20.3. The van der Waals surface area contributed by atoms with E-state index in [1.54, 1.807) is 0 Å². The summed E-state index contributed by atoms with van der Waals surface area (Å²) in [5.74, 6) is 4.87. The Hall–Kier alpha value is -1.06. The van der Waals surface area contributed by atoms with Gasteiger partial charge in [-0.3, -0.25) is 9.69 Å². The number of halogens is 1. The summed E-state index contributed by atoms with van der Waals surface area (Å²) in [7, 11) is 0. The Kier molecular flexibility index (Phi) is 4.91. The zero-order valence-electron chi connectivity index (χ0n) is 18.0. The van der Waals surface area contributed by atoms with Gasteiger partial charge in [-0.15, -0.1) is 0 Å².